The normalized spacial score (nSPS) is 18.7. The molecule has 0 unspecified atom stereocenters. The molecule has 0 aromatic heterocycles. The Morgan fingerprint density at radius 2 is 1.85 bits per heavy atom. The number of carbonyl (C=O) groups is 3. The zero-order chi connectivity index (χ0) is 25.0. The van der Waals surface area contributed by atoms with Crippen molar-refractivity contribution in [1.29, 1.82) is 0 Å². The molecule has 3 rings (SSSR count). The van der Waals surface area contributed by atoms with Gasteiger partial charge < -0.3 is 25.2 Å². The summed E-state index contributed by atoms with van der Waals surface area (Å²) in [5.41, 5.74) is 1.80. The number of nitrogens with one attached hydrogen (secondary N) is 1. The zero-order valence-corrected chi connectivity index (χ0v) is 20.5. The SMILES string of the molecule is COc1cccc(C(=O)N[C@@H](Cc2ccccc2)[C@H](O)C(=O)N2CSC(C)(C)[C@H]2C(=O)O)c1C. The molecule has 2 aromatic rings. The van der Waals surface area contributed by atoms with Crippen molar-refractivity contribution in [3.05, 3.63) is 65.2 Å². The van der Waals surface area contributed by atoms with Crippen LogP contribution in [0.2, 0.25) is 0 Å². The van der Waals surface area contributed by atoms with E-state index in [1.54, 1.807) is 39.0 Å². The number of carbonyl (C=O) groups excluding carboxylic acids is 2. The van der Waals surface area contributed by atoms with E-state index < -0.39 is 40.7 Å². The van der Waals surface area contributed by atoms with Crippen LogP contribution in [-0.4, -0.2) is 68.8 Å². The van der Waals surface area contributed by atoms with Gasteiger partial charge in [0.05, 0.1) is 19.0 Å². The van der Waals surface area contributed by atoms with Crippen LogP contribution in [0.1, 0.15) is 35.3 Å². The van der Waals surface area contributed by atoms with Crippen LogP contribution >= 0.6 is 11.8 Å². The Morgan fingerprint density at radius 3 is 2.47 bits per heavy atom. The number of aliphatic hydroxyl groups excluding tert-OH is 1. The molecule has 0 spiro atoms. The van der Waals surface area contributed by atoms with E-state index in [1.165, 1.54) is 23.8 Å². The van der Waals surface area contributed by atoms with Crippen LogP contribution in [0.15, 0.2) is 48.5 Å². The summed E-state index contributed by atoms with van der Waals surface area (Å²) in [6, 6.07) is 12.2. The standard InChI is InChI=1S/C25H30N2O6S/c1-15-17(11-8-12-19(15)33-4)22(29)26-18(13-16-9-6-5-7-10-16)20(28)23(30)27-14-34-25(2,3)21(27)24(31)32/h5-12,18,20-21,28H,13-14H2,1-4H3,(H,26,29)(H,31,32)/t18-,20-,21+/m0/s1. The maximum Gasteiger partial charge on any atom is 0.327 e. The van der Waals surface area contributed by atoms with Crippen LogP contribution in [0, 0.1) is 6.92 Å². The summed E-state index contributed by atoms with van der Waals surface area (Å²) in [7, 11) is 1.51. The average Bonchev–Trinajstić information content (AvgIpc) is 3.13. The molecule has 1 heterocycles. The van der Waals surface area contributed by atoms with Gasteiger partial charge in [-0.15, -0.1) is 11.8 Å². The molecular formula is C25H30N2O6S. The van der Waals surface area contributed by atoms with E-state index in [1.807, 2.05) is 30.3 Å². The number of nitrogens with zero attached hydrogens (tertiary/aromatic N) is 1. The first-order valence-corrected chi connectivity index (χ1v) is 11.9. The Kier molecular flexibility index (Phi) is 7.89. The van der Waals surface area contributed by atoms with Gasteiger partial charge in [-0.05, 0) is 44.9 Å². The molecule has 182 valence electrons. The summed E-state index contributed by atoms with van der Waals surface area (Å²) >= 11 is 1.33. The molecule has 1 fully saturated rings. The first-order chi connectivity index (χ1) is 16.1. The second kappa shape index (κ2) is 10.5. The second-order valence-electron chi connectivity index (χ2n) is 8.77. The zero-order valence-electron chi connectivity index (χ0n) is 19.6. The molecule has 3 atom stereocenters. The molecule has 3 N–H and O–H groups in total. The quantitative estimate of drug-likeness (QED) is 0.525. The maximum absolute atomic E-state index is 13.3. The number of methoxy groups -OCH3 is 1. The lowest BCUT2D eigenvalue weighted by Crippen LogP contribution is -2.57. The summed E-state index contributed by atoms with van der Waals surface area (Å²) in [6.07, 6.45) is -1.45. The molecule has 1 aliphatic heterocycles. The summed E-state index contributed by atoms with van der Waals surface area (Å²) in [5, 5.41) is 23.6. The van der Waals surface area contributed by atoms with Crippen molar-refractivity contribution in [3.8, 4) is 5.75 Å². The lowest BCUT2D eigenvalue weighted by molar-refractivity contribution is -0.154. The average molecular weight is 487 g/mol. The smallest absolute Gasteiger partial charge is 0.327 e. The maximum atomic E-state index is 13.3. The molecule has 0 aliphatic carbocycles. The molecule has 0 bridgehead atoms. The molecular weight excluding hydrogens is 456 g/mol. The Hall–Kier alpha value is -3.04. The molecule has 9 heteroatoms. The summed E-state index contributed by atoms with van der Waals surface area (Å²) in [6.45, 7) is 5.26. The molecule has 1 saturated heterocycles. The van der Waals surface area contributed by atoms with Crippen molar-refractivity contribution < 1.29 is 29.3 Å². The number of hydrogen-bond acceptors (Lipinski definition) is 6. The molecule has 8 nitrogen and oxygen atoms in total. The van der Waals surface area contributed by atoms with Gasteiger partial charge in [0.2, 0.25) is 0 Å². The molecule has 2 amide bonds. The highest BCUT2D eigenvalue weighted by Crippen LogP contribution is 2.39. The van der Waals surface area contributed by atoms with Crippen molar-refractivity contribution in [2.75, 3.05) is 13.0 Å². The van der Waals surface area contributed by atoms with Gasteiger partial charge in [0.1, 0.15) is 11.8 Å². The van der Waals surface area contributed by atoms with Gasteiger partial charge in [0, 0.05) is 15.9 Å². The highest BCUT2D eigenvalue weighted by atomic mass is 32.2. The Morgan fingerprint density at radius 1 is 1.18 bits per heavy atom. The van der Waals surface area contributed by atoms with Gasteiger partial charge in [0.15, 0.2) is 6.10 Å². The fourth-order valence-electron chi connectivity index (χ4n) is 4.17. The number of amides is 2. The number of benzene rings is 2. The van der Waals surface area contributed by atoms with E-state index in [0.29, 0.717) is 16.9 Å². The first-order valence-electron chi connectivity index (χ1n) is 10.9. The number of aliphatic carboxylic acids is 1. The Balaban J connectivity index is 1.89. The van der Waals surface area contributed by atoms with Crippen LogP contribution in [0.5, 0.6) is 5.75 Å². The predicted octanol–water partition coefficient (Wildman–Crippen LogP) is 2.47. The predicted molar refractivity (Wildman–Crippen MR) is 130 cm³/mol. The van der Waals surface area contributed by atoms with Crippen molar-refractivity contribution in [2.24, 2.45) is 0 Å². The Bertz CT molecular complexity index is 1060. The first kappa shape index (κ1) is 25.6. The number of carboxylic acids is 1. The summed E-state index contributed by atoms with van der Waals surface area (Å²) in [5.74, 6) is -1.64. The van der Waals surface area contributed by atoms with Crippen molar-refractivity contribution >= 4 is 29.5 Å². The minimum Gasteiger partial charge on any atom is -0.496 e. The third-order valence-electron chi connectivity index (χ3n) is 6.06. The van der Waals surface area contributed by atoms with Crippen LogP contribution < -0.4 is 10.1 Å². The molecule has 34 heavy (non-hydrogen) atoms. The minimum atomic E-state index is -1.63. The van der Waals surface area contributed by atoms with E-state index in [0.717, 1.165) is 5.56 Å². The van der Waals surface area contributed by atoms with Crippen LogP contribution in [0.25, 0.3) is 0 Å². The number of rotatable bonds is 8. The molecule has 2 aromatic carbocycles. The third-order valence-corrected chi connectivity index (χ3v) is 7.44. The monoisotopic (exact) mass is 486 g/mol. The van der Waals surface area contributed by atoms with Gasteiger partial charge in [-0.3, -0.25) is 9.59 Å². The Labute approximate surface area is 203 Å². The number of hydrogen-bond donors (Lipinski definition) is 3. The van der Waals surface area contributed by atoms with E-state index in [2.05, 4.69) is 5.32 Å². The fraction of sp³-hybridized carbons (Fsp3) is 0.400. The lowest BCUT2D eigenvalue weighted by atomic mass is 9.97. The largest absolute Gasteiger partial charge is 0.496 e. The van der Waals surface area contributed by atoms with Crippen molar-refractivity contribution in [3.63, 3.8) is 0 Å². The van der Waals surface area contributed by atoms with Crippen molar-refractivity contribution in [2.45, 2.75) is 50.1 Å². The molecule has 0 saturated carbocycles. The van der Waals surface area contributed by atoms with Crippen LogP contribution in [0.3, 0.4) is 0 Å². The molecule has 0 radical (unpaired) electrons. The van der Waals surface area contributed by atoms with E-state index in [-0.39, 0.29) is 12.3 Å². The van der Waals surface area contributed by atoms with Crippen molar-refractivity contribution in [1.82, 2.24) is 10.2 Å². The van der Waals surface area contributed by atoms with Gasteiger partial charge in [-0.1, -0.05) is 36.4 Å². The van der Waals surface area contributed by atoms with Crippen LogP contribution in [0.4, 0.5) is 0 Å². The third kappa shape index (κ3) is 5.37. The summed E-state index contributed by atoms with van der Waals surface area (Å²) < 4.78 is 4.58. The van der Waals surface area contributed by atoms with Gasteiger partial charge >= 0.3 is 5.97 Å². The van der Waals surface area contributed by atoms with Gasteiger partial charge in [-0.2, -0.15) is 0 Å². The second-order valence-corrected chi connectivity index (χ2v) is 10.4. The number of carboxylic acid groups (broad SMARTS) is 1. The topological polar surface area (TPSA) is 116 Å². The summed E-state index contributed by atoms with van der Waals surface area (Å²) in [4.78, 5) is 39.5. The van der Waals surface area contributed by atoms with E-state index >= 15 is 0 Å². The van der Waals surface area contributed by atoms with Gasteiger partial charge in [-0.25, -0.2) is 4.79 Å². The number of aliphatic hydroxyl groups is 1. The highest BCUT2D eigenvalue weighted by molar-refractivity contribution is 8.00. The van der Waals surface area contributed by atoms with Crippen LogP contribution in [-0.2, 0) is 16.0 Å². The van der Waals surface area contributed by atoms with E-state index in [4.69, 9.17) is 4.74 Å². The molecule has 1 aliphatic rings. The number of ether oxygens (including phenoxy) is 1. The van der Waals surface area contributed by atoms with Gasteiger partial charge in [0.25, 0.3) is 11.8 Å². The fourth-order valence-corrected chi connectivity index (χ4v) is 5.30. The highest BCUT2D eigenvalue weighted by Gasteiger charge is 2.50. The minimum absolute atomic E-state index is 0.140. The lowest BCUT2D eigenvalue weighted by Gasteiger charge is -2.31. The van der Waals surface area contributed by atoms with E-state index in [9.17, 15) is 24.6 Å². The number of thioether (sulfide) groups is 1.